The van der Waals surface area contributed by atoms with E-state index in [2.05, 4.69) is 17.2 Å². The Balaban J connectivity index is 1.28. The number of nitrogens with one attached hydrogen (secondary N) is 3. The largest absolute Gasteiger partial charge is 0.444 e. The molecule has 18 heteroatoms. The molecule has 1 aromatic rings. The number of aryl methyl sites for hydroxylation is 1. The van der Waals surface area contributed by atoms with Crippen molar-refractivity contribution >= 4 is 39.9 Å². The Morgan fingerprint density at radius 3 is 2.49 bits per heavy atom. The van der Waals surface area contributed by atoms with Crippen LogP contribution in [-0.2, 0) is 48.7 Å². The van der Waals surface area contributed by atoms with E-state index in [1.54, 1.807) is 0 Å². The summed E-state index contributed by atoms with van der Waals surface area (Å²) in [7, 11) is -2.59. The van der Waals surface area contributed by atoms with Gasteiger partial charge in [-0.25, -0.2) is 18.0 Å². The zero-order chi connectivity index (χ0) is 38.3. The molecule has 53 heavy (non-hydrogen) atoms. The van der Waals surface area contributed by atoms with Gasteiger partial charge in [-0.2, -0.15) is 13.2 Å². The monoisotopic (exact) mass is 766 g/mol. The van der Waals surface area contributed by atoms with Crippen molar-refractivity contribution in [3.63, 3.8) is 0 Å². The van der Waals surface area contributed by atoms with Crippen molar-refractivity contribution in [3.05, 3.63) is 47.5 Å². The van der Waals surface area contributed by atoms with Gasteiger partial charge in [-0.3, -0.25) is 24.0 Å². The number of halogens is 3. The Morgan fingerprint density at radius 2 is 1.81 bits per heavy atom. The number of hydrogen-bond acceptors (Lipinski definition) is 8. The highest BCUT2D eigenvalue weighted by atomic mass is 32.2. The number of carbonyl (C=O) groups is 5. The number of carbonyl (C=O) groups excluding carboxylic acids is 5. The van der Waals surface area contributed by atoms with Crippen LogP contribution in [0.2, 0.25) is 0 Å². The van der Waals surface area contributed by atoms with Crippen LogP contribution in [0.25, 0.3) is 0 Å². The van der Waals surface area contributed by atoms with E-state index in [9.17, 15) is 45.6 Å². The number of sulfonamides is 1. The fourth-order valence-corrected chi connectivity index (χ4v) is 8.84. The second-order valence-electron chi connectivity index (χ2n) is 14.7. The molecule has 0 unspecified atom stereocenters. The van der Waals surface area contributed by atoms with Crippen LogP contribution in [0.15, 0.2) is 30.9 Å². The van der Waals surface area contributed by atoms with Crippen molar-refractivity contribution in [1.82, 2.24) is 30.1 Å². The van der Waals surface area contributed by atoms with Gasteiger partial charge in [-0.15, -0.1) is 6.58 Å². The van der Waals surface area contributed by atoms with Gasteiger partial charge in [0.2, 0.25) is 21.8 Å². The average molecular weight is 767 g/mol. The molecule has 0 radical (unpaired) electrons. The van der Waals surface area contributed by atoms with Crippen molar-refractivity contribution in [3.8, 4) is 0 Å². The van der Waals surface area contributed by atoms with Crippen molar-refractivity contribution in [1.29, 1.82) is 0 Å². The summed E-state index contributed by atoms with van der Waals surface area (Å²) in [4.78, 5) is 71.5. The zero-order valence-corrected chi connectivity index (χ0v) is 30.3. The van der Waals surface area contributed by atoms with Crippen molar-refractivity contribution < 1.29 is 50.3 Å². The standard InChI is InChI=1S/C35H45F3N6O8S/c1-3-23-16-34(23,31(47)41-53(50,51)25-12-13-25)40-29(45)28-15-24-19-44(28)30(46)27(17-35(36,37)38)39-32(48)42(2)14-7-5-4-6-9-21-10-8-11-22-18-43(20-26(21)22)33(49)52-24/h3,8,10-11,23-25,27-28H,1,4-7,9,12-20H2,2H3,(H,39,48)(H,40,45)(H,41,47)/t23-,24+,27-,28-,34+/m0/s1. The van der Waals surface area contributed by atoms with E-state index in [1.165, 1.54) is 22.9 Å². The number of fused-ring (bicyclic) bond motifs is 3. The molecular weight excluding hydrogens is 721 g/mol. The number of ether oxygens (including phenoxy) is 1. The summed E-state index contributed by atoms with van der Waals surface area (Å²) in [5, 5.41) is 4.02. The van der Waals surface area contributed by atoms with Crippen LogP contribution < -0.4 is 15.4 Å². The van der Waals surface area contributed by atoms with Crippen LogP contribution in [0, 0.1) is 5.92 Å². The molecule has 1 aromatic carbocycles. The van der Waals surface area contributed by atoms with Gasteiger partial charge in [-0.05, 0) is 55.2 Å². The molecule has 6 amide bonds. The lowest BCUT2D eigenvalue weighted by Crippen LogP contribution is -2.59. The minimum atomic E-state index is -4.90. The van der Waals surface area contributed by atoms with E-state index in [1.807, 2.05) is 22.9 Å². The van der Waals surface area contributed by atoms with E-state index < -0.39 is 93.9 Å². The van der Waals surface area contributed by atoms with Crippen LogP contribution in [0.3, 0.4) is 0 Å². The quantitative estimate of drug-likeness (QED) is 0.356. The van der Waals surface area contributed by atoms with Gasteiger partial charge in [0.25, 0.3) is 5.91 Å². The second-order valence-corrected chi connectivity index (χ2v) is 16.7. The Labute approximate surface area is 305 Å². The van der Waals surface area contributed by atoms with Gasteiger partial charge >= 0.3 is 18.3 Å². The highest BCUT2D eigenvalue weighted by molar-refractivity contribution is 7.91. The summed E-state index contributed by atoms with van der Waals surface area (Å²) in [6.45, 7) is 3.95. The first-order chi connectivity index (χ1) is 25.0. The topological polar surface area (TPSA) is 175 Å². The molecule has 4 bridgehead atoms. The predicted octanol–water partition coefficient (Wildman–Crippen LogP) is 2.86. The number of amides is 6. The van der Waals surface area contributed by atoms with E-state index in [4.69, 9.17) is 4.74 Å². The molecule has 3 N–H and O–H groups in total. The van der Waals surface area contributed by atoms with Gasteiger partial charge in [0.1, 0.15) is 23.7 Å². The van der Waals surface area contributed by atoms with Crippen molar-refractivity contribution in [2.75, 3.05) is 20.1 Å². The number of alkyl halides is 3. The van der Waals surface area contributed by atoms with Crippen LogP contribution in [-0.4, -0.2) is 108 Å². The molecule has 1 saturated heterocycles. The third-order valence-electron chi connectivity index (χ3n) is 10.8. The molecule has 290 valence electrons. The van der Waals surface area contributed by atoms with E-state index in [-0.39, 0.29) is 32.5 Å². The zero-order valence-electron chi connectivity index (χ0n) is 29.5. The number of nitrogens with zero attached hydrogens (tertiary/aromatic N) is 3. The molecule has 6 rings (SSSR count). The minimum absolute atomic E-state index is 0.00998. The first-order valence-electron chi connectivity index (χ1n) is 18.0. The summed E-state index contributed by atoms with van der Waals surface area (Å²) in [5.74, 6) is -3.87. The van der Waals surface area contributed by atoms with Gasteiger partial charge in [0.05, 0.1) is 18.2 Å². The third kappa shape index (κ3) is 8.57. The van der Waals surface area contributed by atoms with Crippen LogP contribution in [0.1, 0.15) is 74.5 Å². The Bertz CT molecular complexity index is 1770. The van der Waals surface area contributed by atoms with Crippen molar-refractivity contribution in [2.45, 2.75) is 112 Å². The maximum atomic E-state index is 14.0. The average Bonchev–Trinajstić information content (AvgIpc) is 3.98. The Kier molecular flexibility index (Phi) is 10.7. The highest BCUT2D eigenvalue weighted by Crippen LogP contribution is 2.45. The number of urea groups is 1. The molecule has 0 spiro atoms. The lowest BCUT2D eigenvalue weighted by molar-refractivity contribution is -0.155. The predicted molar refractivity (Wildman–Crippen MR) is 183 cm³/mol. The fraction of sp³-hybridized carbons (Fsp3) is 0.629. The second kappa shape index (κ2) is 14.8. The van der Waals surface area contributed by atoms with Crippen LogP contribution >= 0.6 is 0 Å². The smallest absolute Gasteiger partial charge is 0.410 e. The van der Waals surface area contributed by atoms with Crippen LogP contribution in [0.5, 0.6) is 0 Å². The number of rotatable bonds is 7. The van der Waals surface area contributed by atoms with Gasteiger partial charge in [0.15, 0.2) is 0 Å². The Morgan fingerprint density at radius 1 is 1.09 bits per heavy atom. The summed E-state index contributed by atoms with van der Waals surface area (Å²) in [6.07, 6.45) is -2.94. The first kappa shape index (κ1) is 38.4. The van der Waals surface area contributed by atoms with Crippen molar-refractivity contribution in [2.24, 2.45) is 5.92 Å². The maximum Gasteiger partial charge on any atom is 0.410 e. The summed E-state index contributed by atoms with van der Waals surface area (Å²) in [6, 6.07) is 1.29. The van der Waals surface area contributed by atoms with E-state index >= 15 is 0 Å². The maximum absolute atomic E-state index is 14.0. The minimum Gasteiger partial charge on any atom is -0.444 e. The Hall–Kier alpha value is -4.35. The molecule has 3 fully saturated rings. The number of benzene rings is 1. The van der Waals surface area contributed by atoms with E-state index in [0.29, 0.717) is 19.3 Å². The SMILES string of the molecule is C=C[C@H]1C[C@]1(NC(=O)[C@@H]1C[C@@H]2CN1C(=O)[C@H](CC(F)(F)F)NC(=O)N(C)CCCCCCc1cccc3c1CN(C3)C(=O)O2)C(=O)NS(=O)(=O)C1CC1. The van der Waals surface area contributed by atoms with Crippen LogP contribution in [0.4, 0.5) is 22.8 Å². The fourth-order valence-electron chi connectivity index (χ4n) is 7.48. The molecular formula is C35H45F3N6O8S. The molecule has 2 saturated carbocycles. The normalized spacial score (nSPS) is 28.5. The molecule has 2 aliphatic carbocycles. The number of hydrogen-bond donors (Lipinski definition) is 3. The molecule has 3 heterocycles. The third-order valence-corrected chi connectivity index (χ3v) is 12.6. The first-order valence-corrected chi connectivity index (χ1v) is 19.5. The molecule has 14 nitrogen and oxygen atoms in total. The molecule has 5 atom stereocenters. The highest BCUT2D eigenvalue weighted by Gasteiger charge is 2.62. The summed E-state index contributed by atoms with van der Waals surface area (Å²) >= 11 is 0. The summed E-state index contributed by atoms with van der Waals surface area (Å²) in [5.41, 5.74) is 1.34. The molecule has 0 aromatic heterocycles. The lowest BCUT2D eigenvalue weighted by Gasteiger charge is -2.31. The summed E-state index contributed by atoms with van der Waals surface area (Å²) < 4.78 is 74.7. The molecule has 5 aliphatic rings. The lowest BCUT2D eigenvalue weighted by atomic mass is 9.98. The van der Waals surface area contributed by atoms with Gasteiger partial charge in [0, 0.05) is 39.0 Å². The van der Waals surface area contributed by atoms with E-state index in [0.717, 1.165) is 47.3 Å². The van der Waals surface area contributed by atoms with Gasteiger partial charge in [-0.1, -0.05) is 37.1 Å². The molecule has 3 aliphatic heterocycles. The van der Waals surface area contributed by atoms with Gasteiger partial charge < -0.3 is 25.2 Å².